The van der Waals surface area contributed by atoms with Crippen molar-refractivity contribution in [3.8, 4) is 45.6 Å². The molecule has 62 heavy (non-hydrogen) atoms. The SMILES string of the molecule is Sc1nnc(-c2cc(-c3nnc(S)n3CCc3ccccc3)c(-c3nnc(S)n3CCc3ccccc3)cc2-c2nnc(S)n2CCc2ccccc2)n1CCc1ccccc1. The Morgan fingerprint density at radius 2 is 0.500 bits per heavy atom. The molecule has 0 N–H and O–H groups in total. The molecule has 0 spiro atoms. The summed E-state index contributed by atoms with van der Waals surface area (Å²) in [5.41, 5.74) is 7.70. The van der Waals surface area contributed by atoms with Crippen molar-refractivity contribution in [2.24, 2.45) is 0 Å². The summed E-state index contributed by atoms with van der Waals surface area (Å²) in [5.74, 6) is 2.42. The maximum atomic E-state index is 4.84. The van der Waals surface area contributed by atoms with E-state index >= 15 is 0 Å². The molecule has 0 amide bonds. The molecule has 0 saturated heterocycles. The number of aryl methyl sites for hydroxylation is 4. The van der Waals surface area contributed by atoms with Crippen LogP contribution < -0.4 is 0 Å². The number of nitrogens with zero attached hydrogens (tertiary/aromatic N) is 12. The van der Waals surface area contributed by atoms with Crippen LogP contribution in [0.15, 0.2) is 154 Å². The minimum Gasteiger partial charge on any atom is -0.302 e. The number of aromatic nitrogens is 12. The third-order valence-electron chi connectivity index (χ3n) is 10.9. The summed E-state index contributed by atoms with van der Waals surface area (Å²) in [6.45, 7) is 2.30. The zero-order valence-electron chi connectivity index (χ0n) is 33.5. The lowest BCUT2D eigenvalue weighted by Gasteiger charge is -2.19. The molecule has 16 heteroatoms. The Hall–Kier alpha value is -5.94. The molecule has 0 aliphatic heterocycles. The van der Waals surface area contributed by atoms with Crippen molar-refractivity contribution < 1.29 is 0 Å². The van der Waals surface area contributed by atoms with Crippen molar-refractivity contribution in [3.05, 3.63) is 156 Å². The van der Waals surface area contributed by atoms with Crippen molar-refractivity contribution in [3.63, 3.8) is 0 Å². The number of benzene rings is 5. The topological polar surface area (TPSA) is 123 Å². The molecule has 12 nitrogen and oxygen atoms in total. The Morgan fingerprint density at radius 1 is 0.290 bits per heavy atom. The zero-order chi connectivity index (χ0) is 42.4. The molecule has 9 rings (SSSR count). The highest BCUT2D eigenvalue weighted by Crippen LogP contribution is 2.42. The molecule has 0 radical (unpaired) electrons. The van der Waals surface area contributed by atoms with Crippen LogP contribution in [-0.2, 0) is 51.9 Å². The molecular formula is C46H42N12S4. The molecule has 310 valence electrons. The van der Waals surface area contributed by atoms with Crippen LogP contribution >= 0.6 is 50.5 Å². The molecule has 9 aromatic rings. The molecule has 0 saturated carbocycles. The molecule has 5 aromatic carbocycles. The lowest BCUT2D eigenvalue weighted by Crippen LogP contribution is -2.10. The summed E-state index contributed by atoms with van der Waals surface area (Å²) in [5, 5.41) is 39.2. The van der Waals surface area contributed by atoms with Crippen LogP contribution in [0, 0.1) is 0 Å². The standard InChI is InChI=1S/C46H42N12S4/c59-43-51-47-39(55(43)25-21-31-13-5-1-6-14-31)35-29-37(41-49-53-45(61)57(41)27-23-33-17-9-3-10-18-33)38(42-50-54-46(62)58(42)28-24-34-19-11-4-12-20-34)30-36(35)40-48-52-44(60)56(40)26-22-32-15-7-2-8-16-32/h1-20,29-30H,21-28H2,(H,51,59)(H,52,60)(H,53,61)(H,54,62). The molecule has 0 aliphatic carbocycles. The van der Waals surface area contributed by atoms with Gasteiger partial charge in [-0.15, -0.1) is 91.3 Å². The lowest BCUT2D eigenvalue weighted by atomic mass is 9.95. The molecule has 4 heterocycles. The van der Waals surface area contributed by atoms with Gasteiger partial charge in [0.25, 0.3) is 0 Å². The third-order valence-corrected chi connectivity index (χ3v) is 12.2. The van der Waals surface area contributed by atoms with Gasteiger partial charge in [-0.3, -0.25) is 0 Å². The monoisotopic (exact) mass is 890 g/mol. The van der Waals surface area contributed by atoms with Crippen LogP contribution in [0.25, 0.3) is 45.6 Å². The summed E-state index contributed by atoms with van der Waals surface area (Å²) in [6.07, 6.45) is 2.94. The van der Waals surface area contributed by atoms with Crippen LogP contribution in [0.5, 0.6) is 0 Å². The van der Waals surface area contributed by atoms with Crippen LogP contribution in [0.2, 0.25) is 0 Å². The molecule has 0 atom stereocenters. The minimum atomic E-state index is 0.483. The Balaban J connectivity index is 1.26. The van der Waals surface area contributed by atoms with Crippen LogP contribution in [0.3, 0.4) is 0 Å². The molecule has 0 bridgehead atoms. The van der Waals surface area contributed by atoms with E-state index in [1.807, 2.05) is 91.1 Å². The number of hydrogen-bond acceptors (Lipinski definition) is 12. The highest BCUT2D eigenvalue weighted by molar-refractivity contribution is 7.80. The molecule has 0 unspecified atom stereocenters. The highest BCUT2D eigenvalue weighted by Gasteiger charge is 2.28. The summed E-state index contributed by atoms with van der Waals surface area (Å²) in [4.78, 5) is 0. The van der Waals surface area contributed by atoms with E-state index in [-0.39, 0.29) is 0 Å². The number of thiol groups is 4. The van der Waals surface area contributed by atoms with E-state index in [1.54, 1.807) is 0 Å². The van der Waals surface area contributed by atoms with Gasteiger partial charge >= 0.3 is 0 Å². The van der Waals surface area contributed by atoms with E-state index in [0.29, 0.717) is 70.1 Å². The zero-order valence-corrected chi connectivity index (χ0v) is 37.1. The van der Waals surface area contributed by atoms with Crippen molar-refractivity contribution in [1.82, 2.24) is 59.1 Å². The Kier molecular flexibility index (Phi) is 12.7. The van der Waals surface area contributed by atoms with Gasteiger partial charge in [-0.05, 0) is 60.1 Å². The summed E-state index contributed by atoms with van der Waals surface area (Å²) >= 11 is 19.4. The van der Waals surface area contributed by atoms with Gasteiger partial charge in [0.1, 0.15) is 0 Å². The predicted octanol–water partition coefficient (Wildman–Crippen LogP) is 8.85. The maximum Gasteiger partial charge on any atom is 0.188 e. The van der Waals surface area contributed by atoms with E-state index in [1.165, 1.54) is 22.3 Å². The van der Waals surface area contributed by atoms with Gasteiger partial charge in [-0.25, -0.2) is 0 Å². The van der Waals surface area contributed by atoms with Crippen LogP contribution in [-0.4, -0.2) is 59.1 Å². The first-order valence-corrected chi connectivity index (χ1v) is 22.0. The van der Waals surface area contributed by atoms with Gasteiger partial charge in [-0.1, -0.05) is 121 Å². The van der Waals surface area contributed by atoms with Gasteiger partial charge in [0, 0.05) is 48.4 Å². The van der Waals surface area contributed by atoms with E-state index < -0.39 is 0 Å². The second kappa shape index (κ2) is 19.0. The van der Waals surface area contributed by atoms with E-state index in [0.717, 1.165) is 47.9 Å². The highest BCUT2D eigenvalue weighted by atomic mass is 32.1. The first-order chi connectivity index (χ1) is 30.4. The van der Waals surface area contributed by atoms with Gasteiger partial charge in [0.2, 0.25) is 0 Å². The summed E-state index contributed by atoms with van der Waals surface area (Å²) in [6, 6.07) is 45.5. The maximum absolute atomic E-state index is 4.84. The second-order valence-corrected chi connectivity index (χ2v) is 16.4. The van der Waals surface area contributed by atoms with Crippen molar-refractivity contribution >= 4 is 50.5 Å². The lowest BCUT2D eigenvalue weighted by molar-refractivity contribution is 0.637. The summed E-state index contributed by atoms with van der Waals surface area (Å²) in [7, 11) is 0. The first kappa shape index (κ1) is 41.4. The first-order valence-electron chi connectivity index (χ1n) is 20.2. The largest absolute Gasteiger partial charge is 0.302 e. The third kappa shape index (κ3) is 9.00. The fourth-order valence-corrected chi connectivity index (χ4v) is 8.64. The summed E-state index contributed by atoms with van der Waals surface area (Å²) < 4.78 is 8.12. The van der Waals surface area contributed by atoms with Crippen LogP contribution in [0.4, 0.5) is 0 Å². The van der Waals surface area contributed by atoms with Crippen molar-refractivity contribution in [2.75, 3.05) is 0 Å². The molecule has 0 aliphatic rings. The number of rotatable bonds is 16. The predicted molar refractivity (Wildman–Crippen MR) is 252 cm³/mol. The van der Waals surface area contributed by atoms with Crippen molar-refractivity contribution in [1.29, 1.82) is 0 Å². The smallest absolute Gasteiger partial charge is 0.188 e. The van der Waals surface area contributed by atoms with Gasteiger partial charge < -0.3 is 18.3 Å². The average molecular weight is 891 g/mol. The van der Waals surface area contributed by atoms with Crippen molar-refractivity contribution in [2.45, 2.75) is 72.5 Å². The molecule has 0 fully saturated rings. The fourth-order valence-electron chi connectivity index (χ4n) is 7.68. The Bertz CT molecular complexity index is 2520. The van der Waals surface area contributed by atoms with E-state index in [4.69, 9.17) is 70.9 Å². The fraction of sp³-hybridized carbons (Fsp3) is 0.174. The van der Waals surface area contributed by atoms with Gasteiger partial charge in [0.05, 0.1) is 0 Å². The van der Waals surface area contributed by atoms with E-state index in [2.05, 4.69) is 81.1 Å². The average Bonchev–Trinajstić information content (AvgIpc) is 4.08. The second-order valence-electron chi connectivity index (χ2n) is 14.8. The van der Waals surface area contributed by atoms with Gasteiger partial charge in [0.15, 0.2) is 43.9 Å². The normalized spacial score (nSPS) is 11.4. The number of hydrogen-bond donors (Lipinski definition) is 4. The van der Waals surface area contributed by atoms with Crippen LogP contribution in [0.1, 0.15) is 22.3 Å². The van der Waals surface area contributed by atoms with Gasteiger partial charge in [-0.2, -0.15) is 0 Å². The van der Waals surface area contributed by atoms with E-state index in [9.17, 15) is 0 Å². The minimum absolute atomic E-state index is 0.483. The Morgan fingerprint density at radius 3 is 0.710 bits per heavy atom. The Labute approximate surface area is 381 Å². The molecule has 4 aromatic heterocycles. The molecular weight excluding hydrogens is 849 g/mol. The quantitative estimate of drug-likeness (QED) is 0.0711.